The Bertz CT molecular complexity index is 638. The van der Waals surface area contributed by atoms with Crippen molar-refractivity contribution >= 4 is 17.5 Å². The molecule has 1 unspecified atom stereocenters. The van der Waals surface area contributed by atoms with E-state index in [0.717, 1.165) is 12.2 Å². The van der Waals surface area contributed by atoms with Gasteiger partial charge in [-0.15, -0.1) is 5.10 Å². The van der Waals surface area contributed by atoms with Crippen molar-refractivity contribution in [3.63, 3.8) is 0 Å². The summed E-state index contributed by atoms with van der Waals surface area (Å²) < 4.78 is 0. The van der Waals surface area contributed by atoms with Gasteiger partial charge in [0, 0.05) is 17.8 Å². The second kappa shape index (κ2) is 4.44. The van der Waals surface area contributed by atoms with Crippen molar-refractivity contribution in [3.8, 4) is 0 Å². The molecule has 2 aromatic rings. The maximum atomic E-state index is 4.63. The molecule has 20 heavy (non-hydrogen) atoms. The van der Waals surface area contributed by atoms with E-state index >= 15 is 0 Å². The standard InChI is InChI=1S/C15H17N5/c1-10-8-11-4-2-3-5-13(11)20(10)14-9-16-19-15(18-14)17-12-6-7-12/h2-5,9-10,12H,6-8H2,1H3,(H,17,18,19). The predicted octanol–water partition coefficient (Wildman–Crippen LogP) is 2.53. The number of rotatable bonds is 3. The van der Waals surface area contributed by atoms with Gasteiger partial charge in [-0.25, -0.2) is 0 Å². The molecule has 2 aliphatic rings. The molecule has 0 bridgehead atoms. The van der Waals surface area contributed by atoms with Crippen LogP contribution < -0.4 is 10.2 Å². The highest BCUT2D eigenvalue weighted by Crippen LogP contribution is 2.37. The smallest absolute Gasteiger partial charge is 0.244 e. The molecule has 1 aromatic heterocycles. The van der Waals surface area contributed by atoms with Crippen molar-refractivity contribution in [2.24, 2.45) is 0 Å². The van der Waals surface area contributed by atoms with Gasteiger partial charge >= 0.3 is 0 Å². The minimum Gasteiger partial charge on any atom is -0.350 e. The van der Waals surface area contributed by atoms with Crippen LogP contribution in [-0.4, -0.2) is 27.3 Å². The van der Waals surface area contributed by atoms with Crippen molar-refractivity contribution in [1.29, 1.82) is 0 Å². The lowest BCUT2D eigenvalue weighted by atomic mass is 10.1. The van der Waals surface area contributed by atoms with E-state index in [9.17, 15) is 0 Å². The van der Waals surface area contributed by atoms with E-state index in [-0.39, 0.29) is 0 Å². The van der Waals surface area contributed by atoms with Crippen LogP contribution in [0.5, 0.6) is 0 Å². The van der Waals surface area contributed by atoms with Gasteiger partial charge in [0.05, 0.1) is 6.20 Å². The summed E-state index contributed by atoms with van der Waals surface area (Å²) in [6, 6.07) is 9.43. The van der Waals surface area contributed by atoms with Gasteiger partial charge in [0.25, 0.3) is 0 Å². The minimum absolute atomic E-state index is 0.401. The number of hydrogen-bond acceptors (Lipinski definition) is 5. The Morgan fingerprint density at radius 2 is 2.10 bits per heavy atom. The zero-order valence-electron chi connectivity index (χ0n) is 11.5. The fourth-order valence-corrected chi connectivity index (χ4v) is 2.80. The summed E-state index contributed by atoms with van der Waals surface area (Å²) in [5.41, 5.74) is 2.60. The predicted molar refractivity (Wildman–Crippen MR) is 78.2 cm³/mol. The average Bonchev–Trinajstić information content (AvgIpc) is 3.19. The van der Waals surface area contributed by atoms with Crippen LogP contribution in [0.15, 0.2) is 30.5 Å². The molecule has 0 radical (unpaired) electrons. The first kappa shape index (κ1) is 11.6. The number of nitrogens with one attached hydrogen (secondary N) is 1. The molecule has 5 heteroatoms. The van der Waals surface area contributed by atoms with Crippen LogP contribution in [0, 0.1) is 0 Å². The number of para-hydroxylation sites is 1. The molecule has 0 spiro atoms. The monoisotopic (exact) mass is 267 g/mol. The van der Waals surface area contributed by atoms with Gasteiger partial charge in [0.1, 0.15) is 0 Å². The van der Waals surface area contributed by atoms with Crippen molar-refractivity contribution in [2.75, 3.05) is 10.2 Å². The van der Waals surface area contributed by atoms with Gasteiger partial charge in [-0.2, -0.15) is 10.1 Å². The number of aromatic nitrogens is 3. The lowest BCUT2D eigenvalue weighted by Crippen LogP contribution is -2.25. The van der Waals surface area contributed by atoms with Crippen LogP contribution in [-0.2, 0) is 6.42 Å². The summed E-state index contributed by atoms with van der Waals surface area (Å²) in [6.45, 7) is 2.22. The zero-order chi connectivity index (χ0) is 13.5. The summed E-state index contributed by atoms with van der Waals surface area (Å²) in [5, 5.41) is 11.5. The number of hydrogen-bond donors (Lipinski definition) is 1. The summed E-state index contributed by atoms with van der Waals surface area (Å²) in [4.78, 5) is 6.88. The second-order valence-corrected chi connectivity index (χ2v) is 5.61. The van der Waals surface area contributed by atoms with Crippen LogP contribution in [0.2, 0.25) is 0 Å². The summed E-state index contributed by atoms with van der Waals surface area (Å²) in [5.74, 6) is 1.52. The average molecular weight is 267 g/mol. The quantitative estimate of drug-likeness (QED) is 0.926. The fourth-order valence-electron chi connectivity index (χ4n) is 2.80. The van der Waals surface area contributed by atoms with E-state index in [4.69, 9.17) is 0 Å². The number of anilines is 3. The maximum Gasteiger partial charge on any atom is 0.244 e. The van der Waals surface area contributed by atoms with Crippen LogP contribution in [0.25, 0.3) is 0 Å². The van der Waals surface area contributed by atoms with E-state index in [1.54, 1.807) is 6.20 Å². The lowest BCUT2D eigenvalue weighted by Gasteiger charge is -2.23. The Morgan fingerprint density at radius 3 is 2.95 bits per heavy atom. The summed E-state index contributed by atoms with van der Waals surface area (Å²) in [7, 11) is 0. The van der Waals surface area contributed by atoms with Gasteiger partial charge in [-0.3, -0.25) is 0 Å². The highest BCUT2D eigenvalue weighted by molar-refractivity contribution is 5.68. The molecule has 5 nitrogen and oxygen atoms in total. The zero-order valence-corrected chi connectivity index (χ0v) is 11.5. The molecular formula is C15H17N5. The Kier molecular flexibility index (Phi) is 2.58. The molecule has 1 atom stereocenters. The van der Waals surface area contributed by atoms with Crippen molar-refractivity contribution < 1.29 is 0 Å². The van der Waals surface area contributed by atoms with Gasteiger partial charge in [-0.05, 0) is 37.8 Å². The van der Waals surface area contributed by atoms with Gasteiger partial charge in [0.2, 0.25) is 5.95 Å². The highest BCUT2D eigenvalue weighted by atomic mass is 15.3. The topological polar surface area (TPSA) is 53.9 Å². The Labute approximate surface area is 118 Å². The first-order valence-corrected chi connectivity index (χ1v) is 7.14. The minimum atomic E-state index is 0.401. The third kappa shape index (κ3) is 1.99. The third-order valence-electron chi connectivity index (χ3n) is 3.91. The maximum absolute atomic E-state index is 4.63. The van der Waals surface area contributed by atoms with E-state index in [2.05, 4.69) is 56.6 Å². The molecule has 1 N–H and O–H groups in total. The van der Waals surface area contributed by atoms with Gasteiger partial charge in [-0.1, -0.05) is 18.2 Å². The molecule has 1 aliphatic heterocycles. The van der Waals surface area contributed by atoms with Crippen molar-refractivity contribution in [1.82, 2.24) is 15.2 Å². The fraction of sp³-hybridized carbons (Fsp3) is 0.400. The molecule has 2 heterocycles. The first-order valence-electron chi connectivity index (χ1n) is 7.14. The Morgan fingerprint density at radius 1 is 1.25 bits per heavy atom. The normalized spacial score (nSPS) is 20.9. The molecule has 0 amide bonds. The largest absolute Gasteiger partial charge is 0.350 e. The summed E-state index contributed by atoms with van der Waals surface area (Å²) in [6.07, 6.45) is 5.20. The highest BCUT2D eigenvalue weighted by Gasteiger charge is 2.28. The van der Waals surface area contributed by atoms with E-state index < -0.39 is 0 Å². The lowest BCUT2D eigenvalue weighted by molar-refractivity contribution is 0.744. The molecule has 1 aliphatic carbocycles. The Hall–Kier alpha value is -2.17. The first-order chi connectivity index (χ1) is 9.81. The van der Waals surface area contributed by atoms with E-state index in [0.29, 0.717) is 18.0 Å². The molecule has 1 fully saturated rings. The van der Waals surface area contributed by atoms with E-state index in [1.165, 1.54) is 24.1 Å². The van der Waals surface area contributed by atoms with Crippen LogP contribution in [0.4, 0.5) is 17.5 Å². The Balaban J connectivity index is 1.69. The second-order valence-electron chi connectivity index (χ2n) is 5.61. The van der Waals surface area contributed by atoms with Crippen molar-refractivity contribution in [2.45, 2.75) is 38.3 Å². The van der Waals surface area contributed by atoms with E-state index in [1.807, 2.05) is 0 Å². The number of fused-ring (bicyclic) bond motifs is 1. The molecule has 0 saturated heterocycles. The number of benzene rings is 1. The van der Waals surface area contributed by atoms with Crippen LogP contribution in [0.3, 0.4) is 0 Å². The van der Waals surface area contributed by atoms with Crippen LogP contribution in [0.1, 0.15) is 25.3 Å². The molecular weight excluding hydrogens is 250 g/mol. The van der Waals surface area contributed by atoms with Gasteiger partial charge in [0.15, 0.2) is 5.82 Å². The van der Waals surface area contributed by atoms with Gasteiger partial charge < -0.3 is 10.2 Å². The number of nitrogens with zero attached hydrogens (tertiary/aromatic N) is 4. The third-order valence-corrected chi connectivity index (χ3v) is 3.91. The molecule has 1 saturated carbocycles. The van der Waals surface area contributed by atoms with Crippen LogP contribution >= 0.6 is 0 Å². The summed E-state index contributed by atoms with van der Waals surface area (Å²) >= 11 is 0. The SMILES string of the molecule is CC1Cc2ccccc2N1c1cnnc(NC2CC2)n1. The van der Waals surface area contributed by atoms with Crippen molar-refractivity contribution in [3.05, 3.63) is 36.0 Å². The molecule has 4 rings (SSSR count). The molecule has 1 aromatic carbocycles. The molecule has 102 valence electrons.